The Hall–Kier alpha value is -1.91. The molecule has 0 atom stereocenters. The molecular formula is C11H12FN3O. The van der Waals surface area contributed by atoms with Crippen molar-refractivity contribution >= 4 is 5.95 Å². The van der Waals surface area contributed by atoms with E-state index in [9.17, 15) is 4.39 Å². The van der Waals surface area contributed by atoms with Gasteiger partial charge in [-0.2, -0.15) is 0 Å². The molecule has 2 aromatic heterocycles. The Morgan fingerprint density at radius 2 is 2.38 bits per heavy atom. The SMILES string of the molecule is CCCNc1ncc(F)c(-c2ccco2)n1. The van der Waals surface area contributed by atoms with Gasteiger partial charge in [0.05, 0.1) is 12.5 Å². The van der Waals surface area contributed by atoms with Gasteiger partial charge in [-0.05, 0) is 18.6 Å². The summed E-state index contributed by atoms with van der Waals surface area (Å²) in [7, 11) is 0. The molecule has 5 heteroatoms. The zero-order chi connectivity index (χ0) is 11.4. The van der Waals surface area contributed by atoms with E-state index in [-0.39, 0.29) is 5.69 Å². The van der Waals surface area contributed by atoms with Gasteiger partial charge < -0.3 is 9.73 Å². The van der Waals surface area contributed by atoms with Crippen molar-refractivity contribution in [3.05, 3.63) is 30.4 Å². The number of furan rings is 1. The molecule has 2 aromatic rings. The van der Waals surface area contributed by atoms with E-state index < -0.39 is 5.82 Å². The first-order chi connectivity index (χ1) is 7.81. The molecule has 0 aliphatic rings. The lowest BCUT2D eigenvalue weighted by Crippen LogP contribution is -2.05. The third-order valence-electron chi connectivity index (χ3n) is 2.03. The minimum absolute atomic E-state index is 0.179. The van der Waals surface area contributed by atoms with Crippen molar-refractivity contribution in [2.45, 2.75) is 13.3 Å². The Balaban J connectivity index is 2.30. The van der Waals surface area contributed by atoms with Crippen LogP contribution in [0.1, 0.15) is 13.3 Å². The van der Waals surface area contributed by atoms with Crippen molar-refractivity contribution in [1.82, 2.24) is 9.97 Å². The van der Waals surface area contributed by atoms with Crippen LogP contribution in [0.5, 0.6) is 0 Å². The average Bonchev–Trinajstić information content (AvgIpc) is 2.81. The summed E-state index contributed by atoms with van der Waals surface area (Å²) in [4.78, 5) is 7.91. The number of anilines is 1. The number of rotatable bonds is 4. The number of hydrogen-bond donors (Lipinski definition) is 1. The zero-order valence-corrected chi connectivity index (χ0v) is 8.90. The van der Waals surface area contributed by atoms with E-state index in [0.717, 1.165) is 19.2 Å². The Bertz CT molecular complexity index is 456. The molecule has 4 nitrogen and oxygen atoms in total. The molecule has 0 aliphatic heterocycles. The van der Waals surface area contributed by atoms with Gasteiger partial charge in [-0.25, -0.2) is 14.4 Å². The van der Waals surface area contributed by atoms with Crippen LogP contribution in [0.4, 0.5) is 10.3 Å². The summed E-state index contributed by atoms with van der Waals surface area (Å²) >= 11 is 0. The molecule has 0 aromatic carbocycles. The molecule has 2 heterocycles. The number of nitrogens with zero attached hydrogens (tertiary/aromatic N) is 2. The molecule has 0 amide bonds. The molecule has 0 saturated carbocycles. The standard InChI is InChI=1S/C11H12FN3O/c1-2-5-13-11-14-7-8(12)10(15-11)9-4-3-6-16-9/h3-4,6-7H,2,5H2,1H3,(H,13,14,15). The fourth-order valence-electron chi connectivity index (χ4n) is 1.28. The van der Waals surface area contributed by atoms with Crippen molar-refractivity contribution in [3.8, 4) is 11.5 Å². The molecule has 0 fully saturated rings. The van der Waals surface area contributed by atoms with Crippen LogP contribution in [-0.4, -0.2) is 16.5 Å². The molecule has 0 aliphatic carbocycles. The highest BCUT2D eigenvalue weighted by molar-refractivity contribution is 5.54. The van der Waals surface area contributed by atoms with Crippen molar-refractivity contribution in [2.24, 2.45) is 0 Å². The largest absolute Gasteiger partial charge is 0.463 e. The van der Waals surface area contributed by atoms with Gasteiger partial charge in [-0.1, -0.05) is 6.92 Å². The van der Waals surface area contributed by atoms with Crippen LogP contribution in [0, 0.1) is 5.82 Å². The average molecular weight is 221 g/mol. The molecule has 0 saturated heterocycles. The van der Waals surface area contributed by atoms with E-state index in [4.69, 9.17) is 4.42 Å². The van der Waals surface area contributed by atoms with Crippen LogP contribution in [0.3, 0.4) is 0 Å². The van der Waals surface area contributed by atoms with Crippen molar-refractivity contribution in [3.63, 3.8) is 0 Å². The number of nitrogens with one attached hydrogen (secondary N) is 1. The third-order valence-corrected chi connectivity index (χ3v) is 2.03. The number of aromatic nitrogens is 2. The fourth-order valence-corrected chi connectivity index (χ4v) is 1.28. The second kappa shape index (κ2) is 4.74. The highest BCUT2D eigenvalue weighted by Gasteiger charge is 2.11. The Morgan fingerprint density at radius 1 is 1.50 bits per heavy atom. The number of hydrogen-bond acceptors (Lipinski definition) is 4. The summed E-state index contributed by atoms with van der Waals surface area (Å²) in [6.45, 7) is 2.78. The summed E-state index contributed by atoms with van der Waals surface area (Å²) in [5, 5.41) is 2.99. The quantitative estimate of drug-likeness (QED) is 0.862. The maximum absolute atomic E-state index is 13.4. The summed E-state index contributed by atoms with van der Waals surface area (Å²) in [6, 6.07) is 3.35. The van der Waals surface area contributed by atoms with E-state index in [0.29, 0.717) is 11.7 Å². The Kier molecular flexibility index (Phi) is 3.14. The normalized spacial score (nSPS) is 10.4. The van der Waals surface area contributed by atoms with Gasteiger partial charge in [0, 0.05) is 6.54 Å². The van der Waals surface area contributed by atoms with Gasteiger partial charge in [-0.3, -0.25) is 0 Å². The van der Waals surface area contributed by atoms with Crippen LogP contribution in [0.15, 0.2) is 29.0 Å². The van der Waals surface area contributed by atoms with Crippen molar-refractivity contribution in [2.75, 3.05) is 11.9 Å². The predicted octanol–water partition coefficient (Wildman–Crippen LogP) is 2.70. The van der Waals surface area contributed by atoms with Crippen molar-refractivity contribution in [1.29, 1.82) is 0 Å². The van der Waals surface area contributed by atoms with Crippen molar-refractivity contribution < 1.29 is 8.81 Å². The molecule has 84 valence electrons. The fraction of sp³-hybridized carbons (Fsp3) is 0.273. The molecule has 0 bridgehead atoms. The molecule has 0 radical (unpaired) electrons. The zero-order valence-electron chi connectivity index (χ0n) is 8.90. The van der Waals surface area contributed by atoms with Gasteiger partial charge in [0.2, 0.25) is 5.95 Å². The minimum Gasteiger partial charge on any atom is -0.463 e. The molecule has 0 spiro atoms. The maximum atomic E-state index is 13.4. The smallest absolute Gasteiger partial charge is 0.223 e. The van der Waals surface area contributed by atoms with Gasteiger partial charge in [0.25, 0.3) is 0 Å². The predicted molar refractivity (Wildman–Crippen MR) is 58.5 cm³/mol. The third kappa shape index (κ3) is 2.18. The maximum Gasteiger partial charge on any atom is 0.223 e. The van der Waals surface area contributed by atoms with E-state index in [1.165, 1.54) is 6.26 Å². The molecule has 0 unspecified atom stereocenters. The van der Waals surface area contributed by atoms with Gasteiger partial charge in [0.15, 0.2) is 11.6 Å². The Labute approximate surface area is 92.5 Å². The van der Waals surface area contributed by atoms with Gasteiger partial charge in [0.1, 0.15) is 5.69 Å². The highest BCUT2D eigenvalue weighted by atomic mass is 19.1. The summed E-state index contributed by atoms with van der Waals surface area (Å²) in [5.74, 6) is 0.325. The molecule has 16 heavy (non-hydrogen) atoms. The first-order valence-electron chi connectivity index (χ1n) is 5.11. The molecule has 2 rings (SSSR count). The minimum atomic E-state index is -0.489. The summed E-state index contributed by atoms with van der Waals surface area (Å²) in [6.07, 6.45) is 3.58. The summed E-state index contributed by atoms with van der Waals surface area (Å²) in [5.41, 5.74) is 0.179. The first-order valence-corrected chi connectivity index (χ1v) is 5.11. The first kappa shape index (κ1) is 10.6. The second-order valence-corrected chi connectivity index (χ2v) is 3.29. The van der Waals surface area contributed by atoms with Crippen LogP contribution in [0.25, 0.3) is 11.5 Å². The number of halogens is 1. The molecule has 1 N–H and O–H groups in total. The molecular weight excluding hydrogens is 209 g/mol. The second-order valence-electron chi connectivity index (χ2n) is 3.29. The van der Waals surface area contributed by atoms with Crippen LogP contribution < -0.4 is 5.32 Å². The lowest BCUT2D eigenvalue weighted by molar-refractivity contribution is 0.562. The van der Waals surface area contributed by atoms with Gasteiger partial charge >= 0.3 is 0 Å². The lowest BCUT2D eigenvalue weighted by Gasteiger charge is -2.04. The Morgan fingerprint density at radius 3 is 3.06 bits per heavy atom. The van der Waals surface area contributed by atoms with E-state index in [1.54, 1.807) is 12.1 Å². The van der Waals surface area contributed by atoms with Gasteiger partial charge in [-0.15, -0.1) is 0 Å². The van der Waals surface area contributed by atoms with Crippen LogP contribution in [0.2, 0.25) is 0 Å². The van der Waals surface area contributed by atoms with E-state index >= 15 is 0 Å². The van der Waals surface area contributed by atoms with E-state index in [1.807, 2.05) is 6.92 Å². The van der Waals surface area contributed by atoms with Crippen LogP contribution >= 0.6 is 0 Å². The van der Waals surface area contributed by atoms with Crippen LogP contribution in [-0.2, 0) is 0 Å². The lowest BCUT2D eigenvalue weighted by atomic mass is 10.3. The summed E-state index contributed by atoms with van der Waals surface area (Å²) < 4.78 is 18.5. The topological polar surface area (TPSA) is 51.0 Å². The van der Waals surface area contributed by atoms with E-state index in [2.05, 4.69) is 15.3 Å². The highest BCUT2D eigenvalue weighted by Crippen LogP contribution is 2.21. The monoisotopic (exact) mass is 221 g/mol.